The number of hydrogen-bond acceptors (Lipinski definition) is 5. The first kappa shape index (κ1) is 21.3. The average Bonchev–Trinajstić information content (AvgIpc) is 3.12. The standard InChI is InChI=1S/C22H29N3O3S/c1-4-5-9-19-23-16(2)21(29-19)22(27)25-12-10-24(11-13-25)20(26)15-17-7-6-8-18(14-17)28-3/h6-8,14H,4-5,9-13,15H2,1-3H3. The summed E-state index contributed by atoms with van der Waals surface area (Å²) in [7, 11) is 1.62. The van der Waals surface area contributed by atoms with Gasteiger partial charge in [0.1, 0.15) is 10.6 Å². The molecule has 1 aliphatic heterocycles. The number of hydrogen-bond donors (Lipinski definition) is 0. The number of aryl methyl sites for hydroxylation is 2. The molecule has 0 saturated carbocycles. The lowest BCUT2D eigenvalue weighted by molar-refractivity contribution is -0.131. The molecule has 0 bridgehead atoms. The summed E-state index contributed by atoms with van der Waals surface area (Å²) in [6.07, 6.45) is 3.49. The summed E-state index contributed by atoms with van der Waals surface area (Å²) >= 11 is 1.52. The van der Waals surface area contributed by atoms with Crippen LogP contribution in [0.15, 0.2) is 24.3 Å². The molecule has 0 unspecified atom stereocenters. The molecule has 1 aromatic carbocycles. The number of piperazine rings is 1. The van der Waals surface area contributed by atoms with Crippen molar-refractivity contribution in [2.24, 2.45) is 0 Å². The molecule has 0 aliphatic carbocycles. The van der Waals surface area contributed by atoms with Crippen LogP contribution in [0.25, 0.3) is 0 Å². The van der Waals surface area contributed by atoms with E-state index in [4.69, 9.17) is 4.74 Å². The fourth-order valence-electron chi connectivity index (χ4n) is 3.46. The Bertz CT molecular complexity index is 857. The van der Waals surface area contributed by atoms with E-state index >= 15 is 0 Å². The molecule has 1 fully saturated rings. The molecule has 6 nitrogen and oxygen atoms in total. The van der Waals surface area contributed by atoms with E-state index in [0.29, 0.717) is 32.6 Å². The van der Waals surface area contributed by atoms with Gasteiger partial charge < -0.3 is 14.5 Å². The van der Waals surface area contributed by atoms with Crippen LogP contribution in [0, 0.1) is 6.92 Å². The lowest BCUT2D eigenvalue weighted by Crippen LogP contribution is -2.51. The number of nitrogens with zero attached hydrogens (tertiary/aromatic N) is 3. The van der Waals surface area contributed by atoms with E-state index in [1.807, 2.05) is 41.0 Å². The van der Waals surface area contributed by atoms with Crippen molar-refractivity contribution in [3.8, 4) is 5.75 Å². The summed E-state index contributed by atoms with van der Waals surface area (Å²) in [6.45, 7) is 6.31. The van der Waals surface area contributed by atoms with Crippen molar-refractivity contribution < 1.29 is 14.3 Å². The molecule has 0 atom stereocenters. The Morgan fingerprint density at radius 3 is 2.59 bits per heavy atom. The Morgan fingerprint density at radius 1 is 1.17 bits per heavy atom. The number of rotatable bonds is 7. The van der Waals surface area contributed by atoms with Crippen molar-refractivity contribution in [3.63, 3.8) is 0 Å². The number of methoxy groups -OCH3 is 1. The highest BCUT2D eigenvalue weighted by molar-refractivity contribution is 7.13. The van der Waals surface area contributed by atoms with Gasteiger partial charge in [0.2, 0.25) is 5.91 Å². The smallest absolute Gasteiger partial charge is 0.265 e. The third-order valence-corrected chi connectivity index (χ3v) is 6.39. The second kappa shape index (κ2) is 9.87. The van der Waals surface area contributed by atoms with Crippen LogP contribution in [-0.2, 0) is 17.6 Å². The van der Waals surface area contributed by atoms with E-state index in [-0.39, 0.29) is 11.8 Å². The summed E-state index contributed by atoms with van der Waals surface area (Å²) in [4.78, 5) is 34.6. The third-order valence-electron chi connectivity index (χ3n) is 5.19. The molecule has 1 aromatic heterocycles. The Labute approximate surface area is 176 Å². The monoisotopic (exact) mass is 415 g/mol. The van der Waals surface area contributed by atoms with Crippen LogP contribution >= 0.6 is 11.3 Å². The van der Waals surface area contributed by atoms with E-state index in [1.54, 1.807) is 7.11 Å². The highest BCUT2D eigenvalue weighted by atomic mass is 32.1. The number of ether oxygens (including phenoxy) is 1. The Balaban J connectivity index is 1.55. The van der Waals surface area contributed by atoms with E-state index in [1.165, 1.54) is 11.3 Å². The van der Waals surface area contributed by atoms with E-state index < -0.39 is 0 Å². The molecular weight excluding hydrogens is 386 g/mol. The number of unbranched alkanes of at least 4 members (excludes halogenated alkanes) is 1. The molecular formula is C22H29N3O3S. The first-order valence-electron chi connectivity index (χ1n) is 10.2. The molecule has 0 spiro atoms. The zero-order valence-corrected chi connectivity index (χ0v) is 18.3. The van der Waals surface area contributed by atoms with Gasteiger partial charge in [-0.05, 0) is 37.5 Å². The Morgan fingerprint density at radius 2 is 1.90 bits per heavy atom. The summed E-state index contributed by atoms with van der Waals surface area (Å²) in [5, 5.41) is 1.04. The molecule has 3 rings (SSSR count). The molecule has 29 heavy (non-hydrogen) atoms. The third kappa shape index (κ3) is 5.35. The van der Waals surface area contributed by atoms with Gasteiger partial charge in [-0.2, -0.15) is 0 Å². The molecule has 156 valence electrons. The lowest BCUT2D eigenvalue weighted by atomic mass is 10.1. The van der Waals surface area contributed by atoms with Crippen LogP contribution in [0.1, 0.15) is 45.7 Å². The van der Waals surface area contributed by atoms with Crippen molar-refractivity contribution in [3.05, 3.63) is 45.4 Å². The van der Waals surface area contributed by atoms with Crippen LogP contribution in [0.2, 0.25) is 0 Å². The Hall–Kier alpha value is -2.41. The quantitative estimate of drug-likeness (QED) is 0.696. The van der Waals surface area contributed by atoms with E-state index in [0.717, 1.165) is 46.2 Å². The molecule has 0 N–H and O–H groups in total. The van der Waals surface area contributed by atoms with Crippen LogP contribution in [0.5, 0.6) is 5.75 Å². The van der Waals surface area contributed by atoms with Crippen LogP contribution in [-0.4, -0.2) is 59.9 Å². The van der Waals surface area contributed by atoms with Gasteiger partial charge in [0, 0.05) is 26.2 Å². The van der Waals surface area contributed by atoms with Crippen molar-refractivity contribution in [1.29, 1.82) is 0 Å². The number of benzene rings is 1. The maximum atomic E-state index is 12.9. The van der Waals surface area contributed by atoms with Crippen molar-refractivity contribution in [2.75, 3.05) is 33.3 Å². The first-order chi connectivity index (χ1) is 14.0. The van der Waals surface area contributed by atoms with Crippen molar-refractivity contribution in [2.45, 2.75) is 39.5 Å². The van der Waals surface area contributed by atoms with Gasteiger partial charge in [-0.25, -0.2) is 4.98 Å². The molecule has 1 saturated heterocycles. The van der Waals surface area contributed by atoms with Crippen molar-refractivity contribution in [1.82, 2.24) is 14.8 Å². The summed E-state index contributed by atoms with van der Waals surface area (Å²) in [5.41, 5.74) is 1.76. The maximum absolute atomic E-state index is 12.9. The van der Waals surface area contributed by atoms with Crippen molar-refractivity contribution >= 4 is 23.2 Å². The van der Waals surface area contributed by atoms with Gasteiger partial charge in [0.05, 0.1) is 24.2 Å². The van der Waals surface area contributed by atoms with Gasteiger partial charge in [-0.1, -0.05) is 25.5 Å². The fourth-order valence-corrected chi connectivity index (χ4v) is 4.53. The second-order valence-corrected chi connectivity index (χ2v) is 8.41. The fraction of sp³-hybridized carbons (Fsp3) is 0.500. The number of carbonyl (C=O) groups is 2. The average molecular weight is 416 g/mol. The van der Waals surface area contributed by atoms with Gasteiger partial charge in [0.25, 0.3) is 5.91 Å². The number of amides is 2. The van der Waals surface area contributed by atoms with Crippen LogP contribution in [0.4, 0.5) is 0 Å². The summed E-state index contributed by atoms with van der Waals surface area (Å²) < 4.78 is 5.22. The van der Waals surface area contributed by atoms with Gasteiger partial charge in [-0.3, -0.25) is 9.59 Å². The second-order valence-electron chi connectivity index (χ2n) is 7.33. The predicted octanol–water partition coefficient (Wildman–Crippen LogP) is 3.33. The molecule has 7 heteroatoms. The minimum absolute atomic E-state index is 0.0441. The van der Waals surface area contributed by atoms with E-state index in [9.17, 15) is 9.59 Å². The minimum atomic E-state index is 0.0441. The topological polar surface area (TPSA) is 62.7 Å². The van der Waals surface area contributed by atoms with E-state index in [2.05, 4.69) is 11.9 Å². The molecule has 2 heterocycles. The van der Waals surface area contributed by atoms with Gasteiger partial charge in [-0.15, -0.1) is 11.3 Å². The minimum Gasteiger partial charge on any atom is -0.497 e. The lowest BCUT2D eigenvalue weighted by Gasteiger charge is -2.34. The van der Waals surface area contributed by atoms with Crippen LogP contribution in [0.3, 0.4) is 0 Å². The Kier molecular flexibility index (Phi) is 7.25. The zero-order chi connectivity index (χ0) is 20.8. The zero-order valence-electron chi connectivity index (χ0n) is 17.4. The molecule has 1 aliphatic rings. The summed E-state index contributed by atoms with van der Waals surface area (Å²) in [5.74, 6) is 0.882. The van der Waals surface area contributed by atoms with Crippen LogP contribution < -0.4 is 4.74 Å². The summed E-state index contributed by atoms with van der Waals surface area (Å²) in [6, 6.07) is 7.58. The number of carbonyl (C=O) groups excluding carboxylic acids is 2. The normalized spacial score (nSPS) is 14.2. The number of aromatic nitrogens is 1. The maximum Gasteiger partial charge on any atom is 0.265 e. The number of thiazole rings is 1. The van der Waals surface area contributed by atoms with Gasteiger partial charge >= 0.3 is 0 Å². The highest BCUT2D eigenvalue weighted by Crippen LogP contribution is 2.22. The predicted molar refractivity (Wildman–Crippen MR) is 115 cm³/mol. The largest absolute Gasteiger partial charge is 0.497 e. The SMILES string of the molecule is CCCCc1nc(C)c(C(=O)N2CCN(C(=O)Cc3cccc(OC)c3)CC2)s1. The first-order valence-corrected chi connectivity index (χ1v) is 11.0. The highest BCUT2D eigenvalue weighted by Gasteiger charge is 2.27. The molecule has 0 radical (unpaired) electrons. The molecule has 2 amide bonds. The van der Waals surface area contributed by atoms with Gasteiger partial charge in [0.15, 0.2) is 0 Å². The molecule has 2 aromatic rings.